The Morgan fingerprint density at radius 1 is 1.03 bits per heavy atom. The number of nitrogens with one attached hydrogen (secondary N) is 1. The van der Waals surface area contributed by atoms with Gasteiger partial charge in [-0.1, -0.05) is 13.0 Å². The zero-order valence-electron chi connectivity index (χ0n) is 18.9. The number of aromatic amines is 1. The van der Waals surface area contributed by atoms with Crippen molar-refractivity contribution in [2.45, 2.75) is 52.2 Å². The normalized spacial score (nSPS) is 22.8. The maximum atomic E-state index is 5.53. The molecule has 1 aromatic heterocycles. The van der Waals surface area contributed by atoms with Gasteiger partial charge in [-0.2, -0.15) is 0 Å². The van der Waals surface area contributed by atoms with Crippen LogP contribution in [-0.4, -0.2) is 76.8 Å². The van der Waals surface area contributed by atoms with E-state index in [1.54, 1.807) is 0 Å². The largest absolute Gasteiger partial charge is 0.454 e. The molecule has 4 heterocycles. The summed E-state index contributed by atoms with van der Waals surface area (Å²) in [7, 11) is 0. The quantitative estimate of drug-likeness (QED) is 0.768. The summed E-state index contributed by atoms with van der Waals surface area (Å²) in [6, 6.07) is 7.01. The first-order chi connectivity index (χ1) is 15.2. The fourth-order valence-electron chi connectivity index (χ4n) is 5.15. The van der Waals surface area contributed by atoms with E-state index >= 15 is 0 Å². The minimum atomic E-state index is 0.343. The first kappa shape index (κ1) is 20.8. The van der Waals surface area contributed by atoms with Gasteiger partial charge < -0.3 is 14.5 Å². The Balaban J connectivity index is 1.12. The Morgan fingerprint density at radius 3 is 2.68 bits per heavy atom. The van der Waals surface area contributed by atoms with Gasteiger partial charge in [-0.3, -0.25) is 14.7 Å². The molecule has 1 N–H and O–H groups in total. The van der Waals surface area contributed by atoms with Crippen molar-refractivity contribution in [2.75, 3.05) is 46.1 Å². The average molecular weight is 426 g/mol. The molecule has 1 atom stereocenters. The lowest BCUT2D eigenvalue weighted by Gasteiger charge is -2.43. The van der Waals surface area contributed by atoms with Gasteiger partial charge in [0.2, 0.25) is 6.79 Å². The van der Waals surface area contributed by atoms with Gasteiger partial charge in [0, 0.05) is 64.0 Å². The van der Waals surface area contributed by atoms with Crippen LogP contribution in [0.1, 0.15) is 42.5 Å². The Bertz CT molecular complexity index is 890. The Labute approximate surface area is 185 Å². The highest BCUT2D eigenvalue weighted by Crippen LogP contribution is 2.33. The Hall–Kier alpha value is -2.09. The van der Waals surface area contributed by atoms with E-state index in [0.29, 0.717) is 12.8 Å². The molecule has 0 bridgehead atoms. The molecular weight excluding hydrogens is 390 g/mol. The molecule has 2 fully saturated rings. The van der Waals surface area contributed by atoms with Crippen LogP contribution >= 0.6 is 0 Å². The number of nitrogens with zero attached hydrogens (tertiary/aromatic N) is 4. The molecule has 7 heteroatoms. The number of fused-ring (bicyclic) bond motifs is 1. The van der Waals surface area contributed by atoms with Gasteiger partial charge in [-0.15, -0.1) is 0 Å². The summed E-state index contributed by atoms with van der Waals surface area (Å²) in [5.74, 6) is 2.86. The lowest BCUT2D eigenvalue weighted by Crippen LogP contribution is -2.54. The summed E-state index contributed by atoms with van der Waals surface area (Å²) >= 11 is 0. The first-order valence-electron chi connectivity index (χ1n) is 11.8. The van der Waals surface area contributed by atoms with Crippen molar-refractivity contribution in [1.29, 1.82) is 0 Å². The van der Waals surface area contributed by atoms with Crippen LogP contribution in [-0.2, 0) is 19.5 Å². The second kappa shape index (κ2) is 9.18. The van der Waals surface area contributed by atoms with Crippen LogP contribution in [0.5, 0.6) is 11.5 Å². The van der Waals surface area contributed by atoms with Crippen molar-refractivity contribution in [1.82, 2.24) is 24.7 Å². The molecule has 0 spiro atoms. The molecule has 31 heavy (non-hydrogen) atoms. The van der Waals surface area contributed by atoms with E-state index < -0.39 is 0 Å². The fourth-order valence-corrected chi connectivity index (χ4v) is 5.15. The van der Waals surface area contributed by atoms with Gasteiger partial charge >= 0.3 is 0 Å². The lowest BCUT2D eigenvalue weighted by molar-refractivity contribution is 0.0473. The van der Waals surface area contributed by atoms with Gasteiger partial charge in [0.05, 0.1) is 5.69 Å². The summed E-state index contributed by atoms with van der Waals surface area (Å²) in [6.07, 6.45) is 3.57. The highest BCUT2D eigenvalue weighted by Gasteiger charge is 2.28. The van der Waals surface area contributed by atoms with Crippen LogP contribution in [0.25, 0.3) is 0 Å². The number of piperazine rings is 1. The van der Waals surface area contributed by atoms with Crippen LogP contribution in [0, 0.1) is 6.92 Å². The van der Waals surface area contributed by atoms with E-state index in [4.69, 9.17) is 14.5 Å². The highest BCUT2D eigenvalue weighted by atomic mass is 16.7. The number of benzene rings is 1. The first-order valence-corrected chi connectivity index (χ1v) is 11.8. The Kier molecular flexibility index (Phi) is 6.16. The molecule has 0 aliphatic carbocycles. The van der Waals surface area contributed by atoms with E-state index in [2.05, 4.69) is 45.7 Å². The zero-order chi connectivity index (χ0) is 21.2. The van der Waals surface area contributed by atoms with Crippen LogP contribution in [0.2, 0.25) is 0 Å². The number of likely N-dealkylation sites (tertiary alicyclic amines) is 1. The molecule has 0 radical (unpaired) electrons. The van der Waals surface area contributed by atoms with Crippen LogP contribution in [0.3, 0.4) is 0 Å². The maximum absolute atomic E-state index is 5.53. The van der Waals surface area contributed by atoms with Crippen molar-refractivity contribution in [3.63, 3.8) is 0 Å². The predicted octanol–water partition coefficient (Wildman–Crippen LogP) is 2.79. The lowest BCUT2D eigenvalue weighted by atomic mass is 10.0. The average Bonchev–Trinajstić information content (AvgIpc) is 3.40. The number of hydrogen-bond donors (Lipinski definition) is 1. The van der Waals surface area contributed by atoms with Crippen LogP contribution in [0.15, 0.2) is 18.2 Å². The maximum Gasteiger partial charge on any atom is 0.231 e. The summed E-state index contributed by atoms with van der Waals surface area (Å²) < 4.78 is 11.0. The molecule has 0 unspecified atom stereocenters. The van der Waals surface area contributed by atoms with Crippen molar-refractivity contribution < 1.29 is 9.47 Å². The number of rotatable bonds is 6. The Morgan fingerprint density at radius 2 is 1.87 bits per heavy atom. The van der Waals surface area contributed by atoms with Crippen molar-refractivity contribution >= 4 is 0 Å². The smallest absolute Gasteiger partial charge is 0.231 e. The third-order valence-electron chi connectivity index (χ3n) is 6.99. The highest BCUT2D eigenvalue weighted by molar-refractivity contribution is 5.44. The van der Waals surface area contributed by atoms with Crippen LogP contribution < -0.4 is 9.47 Å². The number of aryl methyl sites for hydroxylation is 2. The van der Waals surface area contributed by atoms with Gasteiger partial charge in [0.15, 0.2) is 11.5 Å². The number of aromatic nitrogens is 2. The van der Waals surface area contributed by atoms with Crippen LogP contribution in [0.4, 0.5) is 0 Å². The van der Waals surface area contributed by atoms with E-state index in [1.165, 1.54) is 36.3 Å². The second-order valence-electron chi connectivity index (χ2n) is 9.14. The molecule has 0 saturated carbocycles. The van der Waals surface area contributed by atoms with Gasteiger partial charge in [-0.05, 0) is 44.0 Å². The summed E-state index contributed by atoms with van der Waals surface area (Å²) in [5, 5.41) is 0. The van der Waals surface area contributed by atoms with Gasteiger partial charge in [0.25, 0.3) is 0 Å². The minimum absolute atomic E-state index is 0.343. The topological polar surface area (TPSA) is 56.9 Å². The third kappa shape index (κ3) is 4.73. The van der Waals surface area contributed by atoms with Gasteiger partial charge in [-0.25, -0.2) is 4.98 Å². The summed E-state index contributed by atoms with van der Waals surface area (Å²) in [5.41, 5.74) is 3.77. The number of ether oxygens (including phenoxy) is 2. The monoisotopic (exact) mass is 425 g/mol. The van der Waals surface area contributed by atoms with Gasteiger partial charge in [0.1, 0.15) is 5.82 Å². The van der Waals surface area contributed by atoms with E-state index in [-0.39, 0.29) is 0 Å². The number of imidazole rings is 1. The van der Waals surface area contributed by atoms with Crippen molar-refractivity contribution in [3.8, 4) is 11.5 Å². The second-order valence-corrected chi connectivity index (χ2v) is 9.14. The van der Waals surface area contributed by atoms with Crippen molar-refractivity contribution in [2.24, 2.45) is 0 Å². The van der Waals surface area contributed by atoms with E-state index in [9.17, 15) is 0 Å². The van der Waals surface area contributed by atoms with E-state index in [1.807, 2.05) is 6.07 Å². The number of hydrogen-bond acceptors (Lipinski definition) is 6. The third-order valence-corrected chi connectivity index (χ3v) is 6.99. The van der Waals surface area contributed by atoms with Crippen molar-refractivity contribution in [3.05, 3.63) is 41.0 Å². The molecule has 3 aliphatic heterocycles. The summed E-state index contributed by atoms with van der Waals surface area (Å²) in [6.45, 7) is 13.5. The minimum Gasteiger partial charge on any atom is -0.454 e. The molecule has 1 aromatic carbocycles. The SMILES string of the molecule is CCc1nc(CN2CCC[C@@H](N3CCN(Cc4ccc5c(c4)OCO5)CC3)C2)c(C)[nH]1. The molecular formula is C24H35N5O2. The molecule has 7 nitrogen and oxygen atoms in total. The molecule has 0 amide bonds. The summed E-state index contributed by atoms with van der Waals surface area (Å²) in [4.78, 5) is 16.1. The number of H-pyrrole nitrogens is 1. The number of piperidine rings is 1. The molecule has 168 valence electrons. The molecule has 2 saturated heterocycles. The molecule has 3 aliphatic rings. The van der Waals surface area contributed by atoms with E-state index in [0.717, 1.165) is 69.6 Å². The molecule has 5 rings (SSSR count). The predicted molar refractivity (Wildman–Crippen MR) is 120 cm³/mol. The zero-order valence-corrected chi connectivity index (χ0v) is 18.9. The fraction of sp³-hybridized carbons (Fsp3) is 0.625. The molecule has 2 aromatic rings. The standard InChI is InChI=1S/C24H35N5O2/c1-3-24-25-18(2)21(26-24)16-28-8-4-5-20(15-28)29-11-9-27(10-12-29)14-19-6-7-22-23(13-19)31-17-30-22/h6-7,13,20H,3-5,8-12,14-17H2,1-2H3,(H,25,26)/t20-/m1/s1.